The number of nitrogens with zero attached hydrogens (tertiary/aromatic N) is 1. The standard InChI is InChI=1S/C20H28N2O2/c1-13-6-5-7-16(10-13)18(23)21-22(20(2,3)4)19(24)17-12-14-8-9-15(17)11-14/h5-7,10,14-15,17H,8-9,11-12H2,1-4H3,(H,21,23). The van der Waals surface area contributed by atoms with Crippen LogP contribution in [0.3, 0.4) is 0 Å². The van der Waals surface area contributed by atoms with Crippen molar-refractivity contribution in [1.82, 2.24) is 10.4 Å². The van der Waals surface area contributed by atoms with E-state index in [0.29, 0.717) is 17.4 Å². The number of hydrogen-bond acceptors (Lipinski definition) is 2. The summed E-state index contributed by atoms with van der Waals surface area (Å²) < 4.78 is 0. The number of hydrazine groups is 1. The maximum absolute atomic E-state index is 13.1. The van der Waals surface area contributed by atoms with Crippen LogP contribution in [0.4, 0.5) is 0 Å². The molecule has 2 saturated carbocycles. The van der Waals surface area contributed by atoms with Gasteiger partial charge in [0.25, 0.3) is 5.91 Å². The zero-order chi connectivity index (χ0) is 17.5. The van der Waals surface area contributed by atoms with Crippen LogP contribution in [0.5, 0.6) is 0 Å². The minimum absolute atomic E-state index is 0.0702. The number of aryl methyl sites for hydroxylation is 1. The van der Waals surface area contributed by atoms with Crippen molar-refractivity contribution < 1.29 is 9.59 Å². The molecule has 0 aliphatic heterocycles. The quantitative estimate of drug-likeness (QED) is 0.842. The van der Waals surface area contributed by atoms with Gasteiger partial charge in [0, 0.05) is 11.5 Å². The molecule has 130 valence electrons. The number of carbonyl (C=O) groups excluding carboxylic acids is 2. The van der Waals surface area contributed by atoms with Crippen molar-refractivity contribution >= 4 is 11.8 Å². The van der Waals surface area contributed by atoms with Gasteiger partial charge in [-0.05, 0) is 70.9 Å². The molecular formula is C20H28N2O2. The lowest BCUT2D eigenvalue weighted by molar-refractivity contribution is -0.145. The largest absolute Gasteiger partial charge is 0.273 e. The molecule has 0 spiro atoms. The third-order valence-electron chi connectivity index (χ3n) is 5.44. The van der Waals surface area contributed by atoms with E-state index < -0.39 is 5.54 Å². The fourth-order valence-corrected chi connectivity index (χ4v) is 4.22. The predicted octanol–water partition coefficient (Wildman–Crippen LogP) is 3.70. The second-order valence-electron chi connectivity index (χ2n) is 8.44. The van der Waals surface area contributed by atoms with Gasteiger partial charge in [-0.2, -0.15) is 0 Å². The Balaban J connectivity index is 1.77. The van der Waals surface area contributed by atoms with Gasteiger partial charge in [-0.1, -0.05) is 24.1 Å². The average molecular weight is 328 g/mol. The molecule has 3 unspecified atom stereocenters. The first kappa shape index (κ1) is 17.0. The highest BCUT2D eigenvalue weighted by Gasteiger charge is 2.46. The van der Waals surface area contributed by atoms with Crippen LogP contribution in [0, 0.1) is 24.7 Å². The second-order valence-corrected chi connectivity index (χ2v) is 8.44. The van der Waals surface area contributed by atoms with Gasteiger partial charge in [-0.15, -0.1) is 0 Å². The molecule has 4 nitrogen and oxygen atoms in total. The Labute approximate surface area is 144 Å². The molecule has 0 saturated heterocycles. The van der Waals surface area contributed by atoms with E-state index >= 15 is 0 Å². The fraction of sp³-hybridized carbons (Fsp3) is 0.600. The average Bonchev–Trinajstić information content (AvgIpc) is 3.13. The molecule has 2 aliphatic carbocycles. The molecule has 1 aromatic carbocycles. The van der Waals surface area contributed by atoms with Crippen LogP contribution in [0.2, 0.25) is 0 Å². The molecule has 0 heterocycles. The van der Waals surface area contributed by atoms with Crippen LogP contribution in [-0.2, 0) is 4.79 Å². The van der Waals surface area contributed by atoms with Crippen LogP contribution < -0.4 is 5.43 Å². The van der Waals surface area contributed by atoms with Crippen molar-refractivity contribution in [2.45, 2.75) is 58.9 Å². The lowest BCUT2D eigenvalue weighted by Gasteiger charge is -2.38. The Morgan fingerprint density at radius 2 is 1.92 bits per heavy atom. The molecule has 2 bridgehead atoms. The first-order chi connectivity index (χ1) is 11.3. The summed E-state index contributed by atoms with van der Waals surface area (Å²) in [7, 11) is 0. The molecule has 2 fully saturated rings. The Kier molecular flexibility index (Phi) is 4.41. The molecular weight excluding hydrogens is 300 g/mol. The molecule has 0 aromatic heterocycles. The second kappa shape index (κ2) is 6.23. The number of fused-ring (bicyclic) bond motifs is 2. The van der Waals surface area contributed by atoms with Gasteiger partial charge in [-0.25, -0.2) is 5.01 Å². The third kappa shape index (κ3) is 3.33. The maximum atomic E-state index is 13.1. The Morgan fingerprint density at radius 1 is 1.17 bits per heavy atom. The van der Waals surface area contributed by atoms with E-state index in [2.05, 4.69) is 5.43 Å². The number of nitrogens with one attached hydrogen (secondary N) is 1. The first-order valence-electron chi connectivity index (χ1n) is 8.97. The van der Waals surface area contributed by atoms with Gasteiger partial charge in [0.15, 0.2) is 0 Å². The Hall–Kier alpha value is -1.84. The molecule has 24 heavy (non-hydrogen) atoms. The topological polar surface area (TPSA) is 49.4 Å². The van der Waals surface area contributed by atoms with E-state index in [9.17, 15) is 9.59 Å². The van der Waals surface area contributed by atoms with Crippen molar-refractivity contribution in [2.75, 3.05) is 0 Å². The highest BCUT2D eigenvalue weighted by atomic mass is 16.2. The lowest BCUT2D eigenvalue weighted by Crippen LogP contribution is -2.58. The van der Waals surface area contributed by atoms with Gasteiger partial charge in [0.2, 0.25) is 5.91 Å². The van der Waals surface area contributed by atoms with Crippen LogP contribution in [0.1, 0.15) is 62.4 Å². The van der Waals surface area contributed by atoms with Crippen LogP contribution in [0.25, 0.3) is 0 Å². The Bertz CT molecular complexity index is 647. The highest BCUT2D eigenvalue weighted by Crippen LogP contribution is 2.49. The van der Waals surface area contributed by atoms with E-state index in [1.54, 1.807) is 11.1 Å². The van der Waals surface area contributed by atoms with Crippen molar-refractivity contribution in [3.8, 4) is 0 Å². The lowest BCUT2D eigenvalue weighted by atomic mass is 9.87. The summed E-state index contributed by atoms with van der Waals surface area (Å²) >= 11 is 0. The van der Waals surface area contributed by atoms with Crippen LogP contribution >= 0.6 is 0 Å². The molecule has 2 amide bonds. The normalized spacial score (nSPS) is 25.6. The van der Waals surface area contributed by atoms with Gasteiger partial charge in [0.1, 0.15) is 0 Å². The minimum Gasteiger partial charge on any atom is -0.273 e. The Morgan fingerprint density at radius 3 is 2.46 bits per heavy atom. The van der Waals surface area contributed by atoms with Crippen molar-refractivity contribution in [3.05, 3.63) is 35.4 Å². The minimum atomic E-state index is -0.446. The third-order valence-corrected chi connectivity index (χ3v) is 5.44. The van der Waals surface area contributed by atoms with E-state index in [1.165, 1.54) is 12.8 Å². The molecule has 0 radical (unpaired) electrons. The fourth-order valence-electron chi connectivity index (χ4n) is 4.22. The summed E-state index contributed by atoms with van der Waals surface area (Å²) in [5, 5.41) is 1.57. The summed E-state index contributed by atoms with van der Waals surface area (Å²) in [5.74, 6) is 1.14. The zero-order valence-corrected chi connectivity index (χ0v) is 15.1. The molecule has 1 aromatic rings. The maximum Gasteiger partial charge on any atom is 0.269 e. The van der Waals surface area contributed by atoms with Gasteiger partial charge < -0.3 is 0 Å². The number of amides is 2. The van der Waals surface area contributed by atoms with E-state index in [4.69, 9.17) is 0 Å². The predicted molar refractivity (Wildman–Crippen MR) is 94.2 cm³/mol. The summed E-state index contributed by atoms with van der Waals surface area (Å²) in [5.41, 5.74) is 4.06. The molecule has 1 N–H and O–H groups in total. The van der Waals surface area contributed by atoms with Gasteiger partial charge >= 0.3 is 0 Å². The van der Waals surface area contributed by atoms with Crippen molar-refractivity contribution in [1.29, 1.82) is 0 Å². The molecule has 2 aliphatic rings. The van der Waals surface area contributed by atoms with Crippen molar-refractivity contribution in [2.24, 2.45) is 17.8 Å². The number of rotatable bonds is 2. The SMILES string of the molecule is Cc1cccc(C(=O)NN(C(=O)C2CC3CCC2C3)C(C)(C)C)c1. The highest BCUT2D eigenvalue weighted by molar-refractivity contribution is 5.96. The molecule has 3 rings (SSSR count). The monoisotopic (exact) mass is 328 g/mol. The number of hydrogen-bond donors (Lipinski definition) is 1. The van der Waals surface area contributed by atoms with Crippen LogP contribution in [0.15, 0.2) is 24.3 Å². The summed E-state index contributed by atoms with van der Waals surface area (Å²) in [6, 6.07) is 7.45. The first-order valence-corrected chi connectivity index (χ1v) is 8.97. The van der Waals surface area contributed by atoms with E-state index in [-0.39, 0.29) is 17.7 Å². The van der Waals surface area contributed by atoms with Gasteiger partial charge in [-0.3, -0.25) is 15.0 Å². The summed E-state index contributed by atoms with van der Waals surface area (Å²) in [6.07, 6.45) is 4.58. The number of carbonyl (C=O) groups is 2. The smallest absolute Gasteiger partial charge is 0.269 e. The molecule has 4 heteroatoms. The van der Waals surface area contributed by atoms with Crippen molar-refractivity contribution in [3.63, 3.8) is 0 Å². The summed E-state index contributed by atoms with van der Waals surface area (Å²) in [6.45, 7) is 7.86. The van der Waals surface area contributed by atoms with E-state index in [0.717, 1.165) is 18.4 Å². The van der Waals surface area contributed by atoms with Gasteiger partial charge in [0.05, 0.1) is 5.54 Å². The zero-order valence-electron chi connectivity index (χ0n) is 15.1. The summed E-state index contributed by atoms with van der Waals surface area (Å²) in [4.78, 5) is 25.8. The van der Waals surface area contributed by atoms with Crippen LogP contribution in [-0.4, -0.2) is 22.4 Å². The molecule has 3 atom stereocenters. The van der Waals surface area contributed by atoms with E-state index in [1.807, 2.05) is 45.9 Å². The number of benzene rings is 1.